The largest absolute Gasteiger partial charge is 0.453 e. The average Bonchev–Trinajstić information content (AvgIpc) is 3.29. The highest BCUT2D eigenvalue weighted by Crippen LogP contribution is 2.53. The molecule has 0 N–H and O–H groups in total. The molecule has 1 aliphatic carbocycles. The molecule has 180 valence electrons. The Morgan fingerprint density at radius 2 is 1.29 bits per heavy atom. The van der Waals surface area contributed by atoms with Gasteiger partial charge in [0.2, 0.25) is 0 Å². The zero-order valence-electron chi connectivity index (χ0n) is 21.1. The predicted octanol–water partition coefficient (Wildman–Crippen LogP) is 9.14. The molecule has 0 fully saturated rings. The SMILES string of the molecule is Cc1cc(N2c3ccccc3Oc3ccccc32)c(C)cc1-c1ccc2cccc3c2c1-c1nccnc1-3. The maximum atomic E-state index is 6.25. The van der Waals surface area contributed by atoms with Crippen LogP contribution in [0.2, 0.25) is 0 Å². The van der Waals surface area contributed by atoms with E-state index >= 15 is 0 Å². The van der Waals surface area contributed by atoms with Crippen molar-refractivity contribution >= 4 is 27.8 Å². The van der Waals surface area contributed by atoms with E-state index in [1.165, 1.54) is 38.6 Å². The van der Waals surface area contributed by atoms with E-state index in [1.807, 2.05) is 24.3 Å². The summed E-state index contributed by atoms with van der Waals surface area (Å²) in [7, 11) is 0. The smallest absolute Gasteiger partial charge is 0.151 e. The third-order valence-electron chi connectivity index (χ3n) is 7.74. The number of hydrogen-bond donors (Lipinski definition) is 0. The van der Waals surface area contributed by atoms with Gasteiger partial charge in [-0.2, -0.15) is 0 Å². The highest BCUT2D eigenvalue weighted by atomic mass is 16.5. The van der Waals surface area contributed by atoms with Crippen LogP contribution in [0, 0.1) is 13.8 Å². The molecule has 4 nitrogen and oxygen atoms in total. The molecule has 0 unspecified atom stereocenters. The lowest BCUT2D eigenvalue weighted by molar-refractivity contribution is 0.477. The van der Waals surface area contributed by atoms with Crippen molar-refractivity contribution in [1.82, 2.24) is 9.97 Å². The summed E-state index contributed by atoms with van der Waals surface area (Å²) >= 11 is 0. The number of aromatic nitrogens is 2. The van der Waals surface area contributed by atoms with Crippen molar-refractivity contribution in [1.29, 1.82) is 0 Å². The molecule has 1 aliphatic heterocycles. The summed E-state index contributed by atoms with van der Waals surface area (Å²) in [6.07, 6.45) is 3.58. The molecule has 0 saturated carbocycles. The predicted molar refractivity (Wildman–Crippen MR) is 154 cm³/mol. The van der Waals surface area contributed by atoms with Gasteiger partial charge in [0.15, 0.2) is 11.5 Å². The first-order chi connectivity index (χ1) is 18.7. The molecule has 2 aliphatic rings. The molecule has 0 bridgehead atoms. The molecule has 8 rings (SSSR count). The Kier molecular flexibility index (Phi) is 4.32. The van der Waals surface area contributed by atoms with Gasteiger partial charge < -0.3 is 9.64 Å². The number of rotatable bonds is 2. The highest BCUT2D eigenvalue weighted by Gasteiger charge is 2.29. The lowest BCUT2D eigenvalue weighted by Gasteiger charge is -2.34. The van der Waals surface area contributed by atoms with Crippen molar-refractivity contribution < 1.29 is 4.74 Å². The van der Waals surface area contributed by atoms with Gasteiger partial charge in [0.05, 0.1) is 22.8 Å². The molecule has 1 aromatic heterocycles. The van der Waals surface area contributed by atoms with Crippen molar-refractivity contribution in [2.75, 3.05) is 4.90 Å². The normalized spacial score (nSPS) is 12.6. The average molecular weight is 490 g/mol. The molecular weight excluding hydrogens is 466 g/mol. The molecule has 5 aromatic carbocycles. The number of benzene rings is 5. The second kappa shape index (κ2) is 7.77. The van der Waals surface area contributed by atoms with E-state index in [1.54, 1.807) is 12.4 Å². The van der Waals surface area contributed by atoms with Gasteiger partial charge in [0.1, 0.15) is 0 Å². The quantitative estimate of drug-likeness (QED) is 0.243. The summed E-state index contributed by atoms with van der Waals surface area (Å²) < 4.78 is 6.25. The molecule has 6 aromatic rings. The first kappa shape index (κ1) is 21.2. The van der Waals surface area contributed by atoms with Crippen molar-refractivity contribution in [2.45, 2.75) is 13.8 Å². The summed E-state index contributed by atoms with van der Waals surface area (Å²) in [6, 6.07) is 32.0. The van der Waals surface area contributed by atoms with Crippen LogP contribution < -0.4 is 9.64 Å². The number of aryl methyl sites for hydroxylation is 2. The Morgan fingerprint density at radius 1 is 0.579 bits per heavy atom. The third-order valence-corrected chi connectivity index (χ3v) is 7.74. The van der Waals surface area contributed by atoms with Crippen molar-refractivity contribution in [3.05, 3.63) is 115 Å². The fourth-order valence-corrected chi connectivity index (χ4v) is 6.06. The first-order valence-electron chi connectivity index (χ1n) is 12.8. The lowest BCUT2D eigenvalue weighted by Crippen LogP contribution is -2.16. The zero-order chi connectivity index (χ0) is 25.4. The Hall–Kier alpha value is -4.96. The summed E-state index contributed by atoms with van der Waals surface area (Å²) in [5.41, 5.74) is 12.3. The molecule has 38 heavy (non-hydrogen) atoms. The van der Waals surface area contributed by atoms with Crippen LogP contribution in [-0.2, 0) is 0 Å². The Bertz CT molecular complexity index is 1900. The molecule has 0 saturated heterocycles. The van der Waals surface area contributed by atoms with Crippen molar-refractivity contribution in [3.8, 4) is 45.1 Å². The van der Waals surface area contributed by atoms with Crippen LogP contribution in [-0.4, -0.2) is 9.97 Å². The molecule has 0 radical (unpaired) electrons. The summed E-state index contributed by atoms with van der Waals surface area (Å²) in [6.45, 7) is 4.39. The number of ether oxygens (including phenoxy) is 1. The second-order valence-electron chi connectivity index (χ2n) is 9.97. The van der Waals surface area contributed by atoms with E-state index in [4.69, 9.17) is 14.7 Å². The minimum atomic E-state index is 0.859. The van der Waals surface area contributed by atoms with Crippen LogP contribution in [0.1, 0.15) is 11.1 Å². The number of fused-ring (bicyclic) bond motifs is 5. The van der Waals surface area contributed by atoms with Gasteiger partial charge in [0, 0.05) is 34.6 Å². The van der Waals surface area contributed by atoms with E-state index in [-0.39, 0.29) is 0 Å². The van der Waals surface area contributed by atoms with Crippen molar-refractivity contribution in [2.24, 2.45) is 0 Å². The monoisotopic (exact) mass is 489 g/mol. The van der Waals surface area contributed by atoms with Crippen LogP contribution in [0.3, 0.4) is 0 Å². The van der Waals surface area contributed by atoms with Gasteiger partial charge in [-0.25, -0.2) is 0 Å². The third kappa shape index (κ3) is 2.86. The van der Waals surface area contributed by atoms with Gasteiger partial charge >= 0.3 is 0 Å². The van der Waals surface area contributed by atoms with Crippen molar-refractivity contribution in [3.63, 3.8) is 0 Å². The molecule has 0 amide bonds. The van der Waals surface area contributed by atoms with E-state index in [2.05, 4.69) is 85.5 Å². The van der Waals surface area contributed by atoms with Gasteiger partial charge in [-0.15, -0.1) is 0 Å². The number of para-hydroxylation sites is 4. The lowest BCUT2D eigenvalue weighted by atomic mass is 9.90. The molecule has 4 heteroatoms. The van der Waals surface area contributed by atoms with Crippen LogP contribution in [0.25, 0.3) is 44.4 Å². The summed E-state index contributed by atoms with van der Waals surface area (Å²) in [5.74, 6) is 1.72. The Morgan fingerprint density at radius 3 is 2.05 bits per heavy atom. The fourth-order valence-electron chi connectivity index (χ4n) is 6.06. The second-order valence-corrected chi connectivity index (χ2v) is 9.97. The minimum absolute atomic E-state index is 0.859. The maximum Gasteiger partial charge on any atom is 0.151 e. The Labute approximate surface area is 220 Å². The molecule has 2 heterocycles. The zero-order valence-corrected chi connectivity index (χ0v) is 21.1. The summed E-state index contributed by atoms with van der Waals surface area (Å²) in [4.78, 5) is 11.8. The molecule has 0 spiro atoms. The standard InChI is InChI=1S/C34H23N3O/c1-20-19-28(37-26-10-3-5-12-29(26)38-30-13-6-4-11-27(30)37)21(2)18-25(20)23-15-14-22-8-7-9-24-31(22)32(23)34-33(24)35-16-17-36-34/h3-19H,1-2H3. The van der Waals surface area contributed by atoms with Crippen LogP contribution >= 0.6 is 0 Å². The number of anilines is 3. The van der Waals surface area contributed by atoms with Gasteiger partial charge in [-0.3, -0.25) is 9.97 Å². The first-order valence-corrected chi connectivity index (χ1v) is 12.8. The highest BCUT2D eigenvalue weighted by molar-refractivity contribution is 6.17. The van der Waals surface area contributed by atoms with Crippen LogP contribution in [0.4, 0.5) is 17.1 Å². The maximum absolute atomic E-state index is 6.25. The topological polar surface area (TPSA) is 38.2 Å². The van der Waals surface area contributed by atoms with E-state index in [0.717, 1.165) is 45.5 Å². The molecule has 0 atom stereocenters. The molecular formula is C34H23N3O. The van der Waals surface area contributed by atoms with Gasteiger partial charge in [-0.05, 0) is 77.9 Å². The van der Waals surface area contributed by atoms with E-state index < -0.39 is 0 Å². The number of nitrogens with zero attached hydrogens (tertiary/aromatic N) is 3. The van der Waals surface area contributed by atoms with Crippen LogP contribution in [0.5, 0.6) is 11.5 Å². The Balaban J connectivity index is 1.35. The number of hydrogen-bond acceptors (Lipinski definition) is 4. The summed E-state index contributed by atoms with van der Waals surface area (Å²) in [5, 5.41) is 2.46. The fraction of sp³-hybridized carbons (Fsp3) is 0.0588. The van der Waals surface area contributed by atoms with Gasteiger partial charge in [0.25, 0.3) is 0 Å². The van der Waals surface area contributed by atoms with E-state index in [0.29, 0.717) is 0 Å². The minimum Gasteiger partial charge on any atom is -0.453 e. The van der Waals surface area contributed by atoms with E-state index in [9.17, 15) is 0 Å². The van der Waals surface area contributed by atoms with Crippen LogP contribution in [0.15, 0.2) is 103 Å². The van der Waals surface area contributed by atoms with Gasteiger partial charge in [-0.1, -0.05) is 54.6 Å².